The molecule has 0 radical (unpaired) electrons. The number of rotatable bonds is 2. The van der Waals surface area contributed by atoms with Gasteiger partial charge >= 0.3 is 0 Å². The van der Waals surface area contributed by atoms with Crippen LogP contribution in [0.5, 0.6) is 0 Å². The normalized spacial score (nSPS) is 26.3. The molecule has 0 spiro atoms. The van der Waals surface area contributed by atoms with Crippen LogP contribution in [0.25, 0.3) is 0 Å². The molecule has 2 aliphatic rings. The molecule has 0 bridgehead atoms. The lowest BCUT2D eigenvalue weighted by Gasteiger charge is -2.35. The highest BCUT2D eigenvalue weighted by molar-refractivity contribution is 6.28. The lowest BCUT2D eigenvalue weighted by molar-refractivity contribution is -0.137. The first kappa shape index (κ1) is 15.5. The number of likely N-dealkylation sites (N-methyl/N-ethyl adjacent to an activating group) is 1. The van der Waals surface area contributed by atoms with Gasteiger partial charge in [-0.2, -0.15) is 4.98 Å². The van der Waals surface area contributed by atoms with Gasteiger partial charge in [-0.3, -0.25) is 4.79 Å². The summed E-state index contributed by atoms with van der Waals surface area (Å²) >= 11 is 6.01. The van der Waals surface area contributed by atoms with Crippen LogP contribution in [0.1, 0.15) is 32.6 Å². The van der Waals surface area contributed by atoms with Crippen molar-refractivity contribution in [2.45, 2.75) is 44.2 Å². The SMILES string of the molecule is COC1(C)CN(C2CCCC2)c2nc(Cl)ncc2N(C)C1=O. The fraction of sp³-hybridized carbons (Fsp3) is 0.667. The van der Waals surface area contributed by atoms with Crippen LogP contribution in [0.2, 0.25) is 5.28 Å². The summed E-state index contributed by atoms with van der Waals surface area (Å²) in [6.07, 6.45) is 6.20. The molecular weight excluding hydrogens is 304 g/mol. The Hall–Kier alpha value is -1.40. The molecule has 1 aromatic heterocycles. The zero-order valence-electron chi connectivity index (χ0n) is 13.2. The van der Waals surface area contributed by atoms with Crippen LogP contribution < -0.4 is 9.80 Å². The molecule has 3 rings (SSSR count). The van der Waals surface area contributed by atoms with Gasteiger partial charge in [0.2, 0.25) is 5.28 Å². The van der Waals surface area contributed by atoms with Crippen molar-refractivity contribution < 1.29 is 9.53 Å². The third-order valence-electron chi connectivity index (χ3n) is 4.80. The average Bonchev–Trinajstić information content (AvgIpc) is 3.02. The van der Waals surface area contributed by atoms with Crippen molar-refractivity contribution in [3.63, 3.8) is 0 Å². The molecule has 1 aliphatic heterocycles. The first-order valence-corrected chi connectivity index (χ1v) is 7.96. The van der Waals surface area contributed by atoms with Crippen molar-refractivity contribution in [3.05, 3.63) is 11.5 Å². The number of ether oxygens (including phenoxy) is 1. The second-order valence-corrected chi connectivity index (χ2v) is 6.55. The maximum absolute atomic E-state index is 12.8. The van der Waals surface area contributed by atoms with Crippen molar-refractivity contribution in [1.82, 2.24) is 9.97 Å². The van der Waals surface area contributed by atoms with Gasteiger partial charge in [-0.05, 0) is 31.4 Å². The number of anilines is 2. The molecule has 6 nitrogen and oxygen atoms in total. The van der Waals surface area contributed by atoms with E-state index in [4.69, 9.17) is 16.3 Å². The lowest BCUT2D eigenvalue weighted by Crippen LogP contribution is -2.53. The maximum atomic E-state index is 12.8. The largest absolute Gasteiger partial charge is 0.367 e. The zero-order chi connectivity index (χ0) is 15.9. The van der Waals surface area contributed by atoms with E-state index in [1.54, 1.807) is 25.3 Å². The van der Waals surface area contributed by atoms with Gasteiger partial charge in [-0.1, -0.05) is 12.8 Å². The van der Waals surface area contributed by atoms with E-state index in [0.717, 1.165) is 18.7 Å². The van der Waals surface area contributed by atoms with Crippen LogP contribution >= 0.6 is 11.6 Å². The highest BCUT2D eigenvalue weighted by atomic mass is 35.5. The summed E-state index contributed by atoms with van der Waals surface area (Å²) in [6, 6.07) is 0.360. The molecule has 0 aromatic carbocycles. The van der Waals surface area contributed by atoms with Crippen LogP contribution in [-0.2, 0) is 9.53 Å². The van der Waals surface area contributed by atoms with Gasteiger partial charge in [0.25, 0.3) is 5.91 Å². The van der Waals surface area contributed by atoms with E-state index in [9.17, 15) is 4.79 Å². The quantitative estimate of drug-likeness (QED) is 0.781. The van der Waals surface area contributed by atoms with Gasteiger partial charge in [0.15, 0.2) is 11.4 Å². The maximum Gasteiger partial charge on any atom is 0.260 e. The number of hydrogen-bond acceptors (Lipinski definition) is 5. The summed E-state index contributed by atoms with van der Waals surface area (Å²) in [6.45, 7) is 2.30. The third kappa shape index (κ3) is 2.44. The van der Waals surface area contributed by atoms with Crippen LogP contribution in [0, 0.1) is 0 Å². The van der Waals surface area contributed by atoms with Crippen molar-refractivity contribution in [3.8, 4) is 0 Å². The third-order valence-corrected chi connectivity index (χ3v) is 4.98. The van der Waals surface area contributed by atoms with Crippen LogP contribution in [0.15, 0.2) is 6.20 Å². The standard InChI is InChI=1S/C15H21ClN4O2/c1-15(22-3)9-20(10-6-4-5-7-10)12-11(19(2)13(15)21)8-17-14(16)18-12/h8,10H,4-7,9H2,1-3H3. The summed E-state index contributed by atoms with van der Waals surface area (Å²) < 4.78 is 5.58. The number of methoxy groups -OCH3 is 1. The number of aromatic nitrogens is 2. The number of nitrogens with zero attached hydrogens (tertiary/aromatic N) is 4. The van der Waals surface area contributed by atoms with Crippen molar-refractivity contribution in [2.24, 2.45) is 0 Å². The van der Waals surface area contributed by atoms with E-state index in [0.29, 0.717) is 18.3 Å². The Morgan fingerprint density at radius 3 is 2.73 bits per heavy atom. The second kappa shape index (κ2) is 5.66. The molecule has 1 aromatic rings. The highest BCUT2D eigenvalue weighted by Gasteiger charge is 2.44. The Balaban J connectivity index is 2.12. The molecule has 7 heteroatoms. The van der Waals surface area contributed by atoms with Crippen molar-refractivity contribution >= 4 is 29.0 Å². The van der Waals surface area contributed by atoms with Gasteiger partial charge in [-0.15, -0.1) is 0 Å². The molecule has 1 amide bonds. The Kier molecular flexibility index (Phi) is 3.99. The predicted octanol–water partition coefficient (Wildman–Crippen LogP) is 2.26. The summed E-state index contributed by atoms with van der Waals surface area (Å²) in [5.74, 6) is 0.631. The van der Waals surface area contributed by atoms with Crippen molar-refractivity contribution in [2.75, 3.05) is 30.5 Å². The smallest absolute Gasteiger partial charge is 0.260 e. The van der Waals surface area contributed by atoms with Crippen molar-refractivity contribution in [1.29, 1.82) is 0 Å². The molecule has 1 aliphatic carbocycles. The van der Waals surface area contributed by atoms with Gasteiger partial charge in [0, 0.05) is 20.2 Å². The minimum absolute atomic E-state index is 0.0948. The first-order chi connectivity index (χ1) is 10.5. The summed E-state index contributed by atoms with van der Waals surface area (Å²) in [5.41, 5.74) is -0.230. The molecule has 0 N–H and O–H groups in total. The highest BCUT2D eigenvalue weighted by Crippen LogP contribution is 2.38. The second-order valence-electron chi connectivity index (χ2n) is 6.21. The van der Waals surface area contributed by atoms with E-state index in [1.165, 1.54) is 12.8 Å². The number of fused-ring (bicyclic) bond motifs is 1. The Morgan fingerprint density at radius 2 is 2.09 bits per heavy atom. The molecule has 1 saturated carbocycles. The zero-order valence-corrected chi connectivity index (χ0v) is 13.9. The van der Waals surface area contributed by atoms with Gasteiger partial charge in [-0.25, -0.2) is 4.98 Å². The van der Waals surface area contributed by atoms with Crippen LogP contribution in [0.4, 0.5) is 11.5 Å². The minimum Gasteiger partial charge on any atom is -0.367 e. The van der Waals surface area contributed by atoms with E-state index >= 15 is 0 Å². The van der Waals surface area contributed by atoms with E-state index in [-0.39, 0.29) is 11.2 Å². The van der Waals surface area contributed by atoms with Gasteiger partial charge in [0.05, 0.1) is 12.7 Å². The molecule has 1 fully saturated rings. The molecule has 1 unspecified atom stereocenters. The van der Waals surface area contributed by atoms with E-state index < -0.39 is 5.60 Å². The molecule has 22 heavy (non-hydrogen) atoms. The topological polar surface area (TPSA) is 58.6 Å². The minimum atomic E-state index is -0.912. The van der Waals surface area contributed by atoms with Gasteiger partial charge < -0.3 is 14.5 Å². The molecule has 120 valence electrons. The molecular formula is C15H21ClN4O2. The number of hydrogen-bond donors (Lipinski definition) is 0. The first-order valence-electron chi connectivity index (χ1n) is 7.59. The Labute approximate surface area is 135 Å². The van der Waals surface area contributed by atoms with Gasteiger partial charge in [0.1, 0.15) is 5.69 Å². The molecule has 0 saturated heterocycles. The number of amides is 1. The molecule has 2 heterocycles. The Bertz CT molecular complexity index is 591. The lowest BCUT2D eigenvalue weighted by atomic mass is 10.0. The monoisotopic (exact) mass is 324 g/mol. The van der Waals surface area contributed by atoms with E-state index in [1.807, 2.05) is 6.92 Å². The number of carbonyl (C=O) groups excluding carboxylic acids is 1. The number of carbonyl (C=O) groups is 1. The fourth-order valence-corrected chi connectivity index (χ4v) is 3.52. The summed E-state index contributed by atoms with van der Waals surface area (Å²) in [5, 5.41) is 0.198. The average molecular weight is 325 g/mol. The predicted molar refractivity (Wildman–Crippen MR) is 85.5 cm³/mol. The van der Waals surface area contributed by atoms with E-state index in [2.05, 4.69) is 14.9 Å². The number of halogens is 1. The summed E-state index contributed by atoms with van der Waals surface area (Å²) in [7, 11) is 3.31. The molecule has 1 atom stereocenters. The summed E-state index contributed by atoms with van der Waals surface area (Å²) in [4.78, 5) is 25.0. The van der Waals surface area contributed by atoms with Crippen LogP contribution in [0.3, 0.4) is 0 Å². The van der Waals surface area contributed by atoms with Crippen LogP contribution in [-0.4, -0.2) is 48.2 Å². The fourth-order valence-electron chi connectivity index (χ4n) is 3.40. The Morgan fingerprint density at radius 1 is 1.41 bits per heavy atom.